The highest BCUT2D eigenvalue weighted by Gasteiger charge is 2.22. The van der Waals surface area contributed by atoms with Gasteiger partial charge in [0, 0.05) is 5.54 Å². The van der Waals surface area contributed by atoms with Gasteiger partial charge in [0.1, 0.15) is 5.15 Å². The molecule has 0 aromatic carbocycles. The molecule has 0 saturated carbocycles. The Balaban J connectivity index is 3.32. The zero-order valence-electron chi connectivity index (χ0n) is 7.03. The van der Waals surface area contributed by atoms with Crippen LogP contribution in [-0.4, -0.2) is 9.55 Å². The van der Waals surface area contributed by atoms with E-state index in [0.717, 1.165) is 0 Å². The van der Waals surface area contributed by atoms with Crippen molar-refractivity contribution < 1.29 is 0 Å². The molecule has 0 radical (unpaired) electrons. The van der Waals surface area contributed by atoms with Crippen molar-refractivity contribution in [1.82, 2.24) is 9.55 Å². The number of hydrogen-bond donors (Lipinski definition) is 0. The SMILES string of the molecule is CC(C)(C)n1c(Br)nc(Cl)c1Cl. The van der Waals surface area contributed by atoms with Gasteiger partial charge in [0.25, 0.3) is 0 Å². The van der Waals surface area contributed by atoms with Crippen LogP contribution in [0, 0.1) is 0 Å². The smallest absolute Gasteiger partial charge is 0.180 e. The van der Waals surface area contributed by atoms with Crippen LogP contribution in [0.4, 0.5) is 0 Å². The van der Waals surface area contributed by atoms with E-state index < -0.39 is 0 Å². The average molecular weight is 272 g/mol. The van der Waals surface area contributed by atoms with Gasteiger partial charge >= 0.3 is 0 Å². The molecular weight excluding hydrogens is 263 g/mol. The maximum absolute atomic E-state index is 5.94. The van der Waals surface area contributed by atoms with E-state index in [9.17, 15) is 0 Å². The third-order valence-electron chi connectivity index (χ3n) is 1.41. The molecule has 68 valence electrons. The third kappa shape index (κ3) is 1.78. The topological polar surface area (TPSA) is 17.8 Å². The zero-order chi connectivity index (χ0) is 9.52. The molecule has 0 amide bonds. The summed E-state index contributed by atoms with van der Waals surface area (Å²) in [4.78, 5) is 3.99. The molecule has 0 N–H and O–H groups in total. The molecule has 1 heterocycles. The lowest BCUT2D eigenvalue weighted by Gasteiger charge is -2.22. The Labute approximate surface area is 90.0 Å². The molecule has 12 heavy (non-hydrogen) atoms. The summed E-state index contributed by atoms with van der Waals surface area (Å²) < 4.78 is 2.49. The van der Waals surface area contributed by atoms with E-state index in [1.165, 1.54) is 0 Å². The minimum absolute atomic E-state index is 0.115. The van der Waals surface area contributed by atoms with Crippen molar-refractivity contribution in [2.75, 3.05) is 0 Å². The van der Waals surface area contributed by atoms with Crippen molar-refractivity contribution >= 4 is 39.1 Å². The fourth-order valence-electron chi connectivity index (χ4n) is 0.922. The van der Waals surface area contributed by atoms with Crippen LogP contribution in [0.3, 0.4) is 0 Å². The summed E-state index contributed by atoms with van der Waals surface area (Å²) in [5.74, 6) is 0. The maximum atomic E-state index is 5.94. The summed E-state index contributed by atoms with van der Waals surface area (Å²) in [6, 6.07) is 0. The fraction of sp³-hybridized carbons (Fsp3) is 0.571. The van der Waals surface area contributed by atoms with Gasteiger partial charge in [-0.1, -0.05) is 23.2 Å². The van der Waals surface area contributed by atoms with Crippen LogP contribution in [0.15, 0.2) is 4.73 Å². The van der Waals surface area contributed by atoms with Gasteiger partial charge in [-0.25, -0.2) is 4.98 Å². The quantitative estimate of drug-likeness (QED) is 0.704. The highest BCUT2D eigenvalue weighted by atomic mass is 79.9. The minimum Gasteiger partial charge on any atom is -0.303 e. The normalized spacial score (nSPS) is 12.2. The molecule has 1 rings (SSSR count). The number of rotatable bonds is 0. The third-order valence-corrected chi connectivity index (χ3v) is 2.65. The number of aromatic nitrogens is 2. The Kier molecular flexibility index (Phi) is 2.76. The molecular formula is C7H9BrCl2N2. The lowest BCUT2D eigenvalue weighted by Crippen LogP contribution is -2.22. The first-order valence-electron chi connectivity index (χ1n) is 3.43. The van der Waals surface area contributed by atoms with Gasteiger partial charge in [0.05, 0.1) is 0 Å². The Morgan fingerprint density at radius 1 is 1.33 bits per heavy atom. The van der Waals surface area contributed by atoms with Crippen molar-refractivity contribution in [3.8, 4) is 0 Å². The highest BCUT2D eigenvalue weighted by Crippen LogP contribution is 2.31. The average Bonchev–Trinajstić information content (AvgIpc) is 2.05. The first-order valence-corrected chi connectivity index (χ1v) is 4.98. The van der Waals surface area contributed by atoms with E-state index in [1.54, 1.807) is 0 Å². The summed E-state index contributed by atoms with van der Waals surface area (Å²) in [6.45, 7) is 6.09. The summed E-state index contributed by atoms with van der Waals surface area (Å²) >= 11 is 15.0. The van der Waals surface area contributed by atoms with Crippen molar-refractivity contribution in [3.63, 3.8) is 0 Å². The number of halogens is 3. The summed E-state index contributed by atoms with van der Waals surface area (Å²) in [7, 11) is 0. The predicted octanol–water partition coefficient (Wildman–Crippen LogP) is 3.71. The Bertz CT molecular complexity index is 301. The van der Waals surface area contributed by atoms with Gasteiger partial charge in [-0.2, -0.15) is 0 Å². The van der Waals surface area contributed by atoms with Gasteiger partial charge in [0.2, 0.25) is 0 Å². The van der Waals surface area contributed by atoms with E-state index in [-0.39, 0.29) is 5.54 Å². The molecule has 1 aromatic heterocycles. The van der Waals surface area contributed by atoms with E-state index in [1.807, 2.05) is 25.3 Å². The molecule has 0 spiro atoms. The Hall–Kier alpha value is 0.270. The second-order valence-electron chi connectivity index (χ2n) is 3.47. The number of nitrogens with zero attached hydrogens (tertiary/aromatic N) is 2. The molecule has 0 unspecified atom stereocenters. The van der Waals surface area contributed by atoms with Crippen LogP contribution in [0.5, 0.6) is 0 Å². The zero-order valence-corrected chi connectivity index (χ0v) is 10.1. The molecule has 0 bridgehead atoms. The van der Waals surface area contributed by atoms with Crippen molar-refractivity contribution in [2.45, 2.75) is 26.3 Å². The first kappa shape index (κ1) is 10.4. The van der Waals surface area contributed by atoms with Crippen molar-refractivity contribution in [2.24, 2.45) is 0 Å². The van der Waals surface area contributed by atoms with Crippen molar-refractivity contribution in [1.29, 1.82) is 0 Å². The lowest BCUT2D eigenvalue weighted by molar-refractivity contribution is 0.389. The van der Waals surface area contributed by atoms with E-state index in [2.05, 4.69) is 20.9 Å². The van der Waals surface area contributed by atoms with Crippen LogP contribution in [-0.2, 0) is 5.54 Å². The van der Waals surface area contributed by atoms with Crippen LogP contribution in [0.1, 0.15) is 20.8 Å². The van der Waals surface area contributed by atoms with E-state index in [0.29, 0.717) is 15.0 Å². The van der Waals surface area contributed by atoms with Gasteiger partial charge in [0.15, 0.2) is 9.89 Å². The predicted molar refractivity (Wildman–Crippen MR) is 54.9 cm³/mol. The molecule has 1 aromatic rings. The second kappa shape index (κ2) is 3.20. The summed E-state index contributed by atoms with van der Waals surface area (Å²) in [5.41, 5.74) is -0.115. The molecule has 0 atom stereocenters. The van der Waals surface area contributed by atoms with Gasteiger partial charge in [-0.3, -0.25) is 0 Å². The molecule has 2 nitrogen and oxygen atoms in total. The number of imidazole rings is 1. The van der Waals surface area contributed by atoms with Gasteiger partial charge in [-0.05, 0) is 36.7 Å². The van der Waals surface area contributed by atoms with Crippen LogP contribution in [0.25, 0.3) is 0 Å². The largest absolute Gasteiger partial charge is 0.303 e. The number of hydrogen-bond acceptors (Lipinski definition) is 1. The monoisotopic (exact) mass is 270 g/mol. The van der Waals surface area contributed by atoms with Crippen LogP contribution < -0.4 is 0 Å². The highest BCUT2D eigenvalue weighted by molar-refractivity contribution is 9.10. The molecule has 0 fully saturated rings. The Morgan fingerprint density at radius 3 is 2.00 bits per heavy atom. The summed E-state index contributed by atoms with van der Waals surface area (Å²) in [6.07, 6.45) is 0. The van der Waals surface area contributed by atoms with Crippen LogP contribution >= 0.6 is 39.1 Å². The van der Waals surface area contributed by atoms with Crippen LogP contribution in [0.2, 0.25) is 10.3 Å². The lowest BCUT2D eigenvalue weighted by atomic mass is 10.1. The van der Waals surface area contributed by atoms with E-state index in [4.69, 9.17) is 23.2 Å². The fourth-order valence-corrected chi connectivity index (χ4v) is 2.55. The minimum atomic E-state index is -0.115. The summed E-state index contributed by atoms with van der Waals surface area (Å²) in [5, 5.41) is 0.800. The molecule has 5 heteroatoms. The van der Waals surface area contributed by atoms with Gasteiger partial charge < -0.3 is 4.57 Å². The molecule has 0 aliphatic rings. The van der Waals surface area contributed by atoms with E-state index >= 15 is 0 Å². The molecule has 0 saturated heterocycles. The first-order chi connectivity index (χ1) is 5.34. The van der Waals surface area contributed by atoms with Crippen molar-refractivity contribution in [3.05, 3.63) is 15.0 Å². The molecule has 0 aliphatic carbocycles. The molecule has 0 aliphatic heterocycles. The Morgan fingerprint density at radius 2 is 1.83 bits per heavy atom. The second-order valence-corrected chi connectivity index (χ2v) is 4.89. The standard InChI is InChI=1S/C7H9BrCl2N2/c1-7(2,3)12-5(10)4(9)11-6(12)8/h1-3H3. The maximum Gasteiger partial charge on any atom is 0.180 e. The van der Waals surface area contributed by atoms with Gasteiger partial charge in [-0.15, -0.1) is 0 Å².